The summed E-state index contributed by atoms with van der Waals surface area (Å²) >= 11 is 3.14. The summed E-state index contributed by atoms with van der Waals surface area (Å²) in [6.45, 7) is 1.73. The SMILES string of the molecule is Cc1cc(C#N)c(CBr)c([N+](=O)[O-])c1. The van der Waals surface area contributed by atoms with Crippen molar-refractivity contribution in [1.82, 2.24) is 0 Å². The molecule has 0 fully saturated rings. The molecule has 0 aliphatic heterocycles. The summed E-state index contributed by atoms with van der Waals surface area (Å²) < 4.78 is 0. The molecule has 4 nitrogen and oxygen atoms in total. The van der Waals surface area contributed by atoms with Crippen LogP contribution in [0, 0.1) is 28.4 Å². The third-order valence-corrected chi connectivity index (χ3v) is 2.38. The van der Waals surface area contributed by atoms with Gasteiger partial charge in [0.25, 0.3) is 5.69 Å². The topological polar surface area (TPSA) is 66.9 Å². The molecule has 72 valence electrons. The minimum absolute atomic E-state index is 0.00146. The molecule has 0 radical (unpaired) electrons. The predicted octanol–water partition coefficient (Wildman–Crippen LogP) is 2.67. The van der Waals surface area contributed by atoms with E-state index in [-0.39, 0.29) is 5.69 Å². The number of benzene rings is 1. The Morgan fingerprint density at radius 3 is 2.71 bits per heavy atom. The van der Waals surface area contributed by atoms with Gasteiger partial charge in [-0.3, -0.25) is 10.1 Å². The second-order valence-corrected chi connectivity index (χ2v) is 3.37. The minimum atomic E-state index is -0.468. The fourth-order valence-corrected chi connectivity index (χ4v) is 1.79. The minimum Gasteiger partial charge on any atom is -0.258 e. The number of nitriles is 1. The molecule has 0 aliphatic rings. The highest BCUT2D eigenvalue weighted by Gasteiger charge is 2.17. The number of hydrogen-bond acceptors (Lipinski definition) is 3. The number of hydrogen-bond donors (Lipinski definition) is 0. The van der Waals surface area contributed by atoms with Crippen molar-refractivity contribution in [3.05, 3.63) is 38.9 Å². The molecular weight excluding hydrogens is 248 g/mol. The van der Waals surface area contributed by atoms with Gasteiger partial charge < -0.3 is 0 Å². The molecule has 0 atom stereocenters. The predicted molar refractivity (Wildman–Crippen MR) is 55.2 cm³/mol. The van der Waals surface area contributed by atoms with Gasteiger partial charge in [-0.15, -0.1) is 0 Å². The molecular formula is C9H7BrN2O2. The van der Waals surface area contributed by atoms with Gasteiger partial charge in [0.2, 0.25) is 0 Å². The Morgan fingerprint density at radius 1 is 1.64 bits per heavy atom. The number of halogens is 1. The van der Waals surface area contributed by atoms with Gasteiger partial charge in [0.15, 0.2) is 0 Å². The molecule has 0 unspecified atom stereocenters. The molecule has 0 amide bonds. The van der Waals surface area contributed by atoms with Crippen LogP contribution in [0.3, 0.4) is 0 Å². The zero-order chi connectivity index (χ0) is 10.7. The average molecular weight is 255 g/mol. The molecule has 0 aromatic heterocycles. The summed E-state index contributed by atoms with van der Waals surface area (Å²) in [5.74, 6) is 0. The molecule has 14 heavy (non-hydrogen) atoms. The third-order valence-electron chi connectivity index (χ3n) is 1.82. The summed E-state index contributed by atoms with van der Waals surface area (Å²) in [4.78, 5) is 10.2. The fraction of sp³-hybridized carbons (Fsp3) is 0.222. The summed E-state index contributed by atoms with van der Waals surface area (Å²) in [7, 11) is 0. The molecule has 0 aliphatic carbocycles. The second-order valence-electron chi connectivity index (χ2n) is 2.81. The molecule has 1 aromatic carbocycles. The molecule has 0 bridgehead atoms. The molecule has 1 rings (SSSR count). The second kappa shape index (κ2) is 4.20. The van der Waals surface area contributed by atoms with E-state index in [1.807, 2.05) is 6.07 Å². The first-order valence-corrected chi connectivity index (χ1v) is 4.96. The van der Waals surface area contributed by atoms with Crippen LogP contribution in [-0.2, 0) is 5.33 Å². The molecule has 0 N–H and O–H groups in total. The highest BCUT2D eigenvalue weighted by atomic mass is 79.9. The van der Waals surface area contributed by atoms with Crippen LogP contribution < -0.4 is 0 Å². The number of nitro groups is 1. The maximum absolute atomic E-state index is 10.7. The lowest BCUT2D eigenvalue weighted by Crippen LogP contribution is -1.97. The van der Waals surface area contributed by atoms with Crippen LogP contribution in [0.1, 0.15) is 16.7 Å². The van der Waals surface area contributed by atoms with Crippen LogP contribution in [0.4, 0.5) is 5.69 Å². The maximum Gasteiger partial charge on any atom is 0.275 e. The first kappa shape index (κ1) is 10.7. The molecule has 0 saturated carbocycles. The van der Waals surface area contributed by atoms with Crippen molar-refractivity contribution in [2.24, 2.45) is 0 Å². The van der Waals surface area contributed by atoms with Gasteiger partial charge in [-0.25, -0.2) is 0 Å². The lowest BCUT2D eigenvalue weighted by atomic mass is 10.0. The summed E-state index contributed by atoms with van der Waals surface area (Å²) in [5, 5.41) is 19.8. The van der Waals surface area contributed by atoms with Crippen LogP contribution >= 0.6 is 15.9 Å². The van der Waals surface area contributed by atoms with Crippen molar-refractivity contribution in [3.8, 4) is 6.07 Å². The van der Waals surface area contributed by atoms with Crippen LogP contribution in [0.2, 0.25) is 0 Å². The number of nitro benzene ring substituents is 1. The van der Waals surface area contributed by atoms with Gasteiger partial charge in [-0.2, -0.15) is 5.26 Å². The van der Waals surface area contributed by atoms with E-state index in [9.17, 15) is 10.1 Å². The Hall–Kier alpha value is -1.41. The highest BCUT2D eigenvalue weighted by Crippen LogP contribution is 2.26. The van der Waals surface area contributed by atoms with Gasteiger partial charge in [-0.1, -0.05) is 15.9 Å². The zero-order valence-electron chi connectivity index (χ0n) is 7.45. The Morgan fingerprint density at radius 2 is 2.29 bits per heavy atom. The standard InChI is InChI=1S/C9H7BrN2O2/c1-6-2-7(5-11)8(4-10)9(3-6)12(13)14/h2-3H,4H2,1H3. The van der Waals surface area contributed by atoms with Gasteiger partial charge >= 0.3 is 0 Å². The van der Waals surface area contributed by atoms with E-state index in [0.29, 0.717) is 16.5 Å². The van der Waals surface area contributed by atoms with E-state index in [2.05, 4.69) is 15.9 Å². The first-order valence-electron chi connectivity index (χ1n) is 3.84. The zero-order valence-corrected chi connectivity index (χ0v) is 9.04. The van der Waals surface area contributed by atoms with Crippen molar-refractivity contribution in [2.45, 2.75) is 12.3 Å². The van der Waals surface area contributed by atoms with E-state index < -0.39 is 4.92 Å². The largest absolute Gasteiger partial charge is 0.275 e. The first-order chi connectivity index (χ1) is 6.60. The molecule has 0 saturated heterocycles. The van der Waals surface area contributed by atoms with Gasteiger partial charge in [0.05, 0.1) is 22.1 Å². The monoisotopic (exact) mass is 254 g/mol. The van der Waals surface area contributed by atoms with Crippen LogP contribution in [0.15, 0.2) is 12.1 Å². The highest BCUT2D eigenvalue weighted by molar-refractivity contribution is 9.08. The van der Waals surface area contributed by atoms with Crippen LogP contribution in [0.5, 0.6) is 0 Å². The molecule has 0 heterocycles. The lowest BCUT2D eigenvalue weighted by Gasteiger charge is -2.02. The van der Waals surface area contributed by atoms with Gasteiger partial charge in [0, 0.05) is 11.4 Å². The van der Waals surface area contributed by atoms with Crippen LogP contribution in [0.25, 0.3) is 0 Å². The molecule has 5 heteroatoms. The third kappa shape index (κ3) is 1.91. The average Bonchev–Trinajstić information content (AvgIpc) is 2.16. The van der Waals surface area contributed by atoms with Crippen molar-refractivity contribution in [3.63, 3.8) is 0 Å². The quantitative estimate of drug-likeness (QED) is 0.463. The van der Waals surface area contributed by atoms with E-state index >= 15 is 0 Å². The Balaban J connectivity index is 3.49. The summed E-state index contributed by atoms with van der Waals surface area (Å²) in [6.07, 6.45) is 0. The molecule has 1 aromatic rings. The van der Waals surface area contributed by atoms with E-state index in [1.165, 1.54) is 6.07 Å². The smallest absolute Gasteiger partial charge is 0.258 e. The summed E-state index contributed by atoms with van der Waals surface area (Å²) in [5.41, 5.74) is 1.51. The number of alkyl halides is 1. The van der Waals surface area contributed by atoms with Gasteiger partial charge in [-0.05, 0) is 18.6 Å². The van der Waals surface area contributed by atoms with E-state index in [1.54, 1.807) is 13.0 Å². The van der Waals surface area contributed by atoms with Crippen molar-refractivity contribution in [1.29, 1.82) is 5.26 Å². The number of aryl methyl sites for hydroxylation is 1. The number of rotatable bonds is 2. The Kier molecular flexibility index (Phi) is 3.20. The van der Waals surface area contributed by atoms with E-state index in [4.69, 9.17) is 5.26 Å². The van der Waals surface area contributed by atoms with Crippen molar-refractivity contribution in [2.75, 3.05) is 0 Å². The lowest BCUT2D eigenvalue weighted by molar-refractivity contribution is -0.385. The molecule has 0 spiro atoms. The maximum atomic E-state index is 10.7. The number of nitrogens with zero attached hydrogens (tertiary/aromatic N) is 2. The van der Waals surface area contributed by atoms with E-state index in [0.717, 1.165) is 5.56 Å². The Bertz CT molecular complexity index is 424. The van der Waals surface area contributed by atoms with Crippen LogP contribution in [-0.4, -0.2) is 4.92 Å². The summed E-state index contributed by atoms with van der Waals surface area (Å²) in [6, 6.07) is 5.06. The Labute approximate surface area is 89.4 Å². The fourth-order valence-electron chi connectivity index (χ4n) is 1.20. The normalized spacial score (nSPS) is 9.50. The van der Waals surface area contributed by atoms with Crippen molar-refractivity contribution < 1.29 is 4.92 Å². The van der Waals surface area contributed by atoms with Gasteiger partial charge in [0.1, 0.15) is 0 Å². The van der Waals surface area contributed by atoms with Crippen molar-refractivity contribution >= 4 is 21.6 Å².